The van der Waals surface area contributed by atoms with E-state index in [0.717, 1.165) is 5.56 Å². The molecule has 0 aliphatic heterocycles. The minimum absolute atomic E-state index is 0.0487. The highest BCUT2D eigenvalue weighted by molar-refractivity contribution is 7.14. The van der Waals surface area contributed by atoms with Crippen molar-refractivity contribution in [3.05, 3.63) is 62.8 Å². The monoisotopic (exact) mass is 293 g/mol. The van der Waals surface area contributed by atoms with E-state index in [-0.39, 0.29) is 11.4 Å². The van der Waals surface area contributed by atoms with Crippen LogP contribution in [0.2, 0.25) is 5.02 Å². The predicted molar refractivity (Wildman–Crippen MR) is 74.0 cm³/mol. The van der Waals surface area contributed by atoms with Gasteiger partial charge in [0, 0.05) is 10.4 Å². The van der Waals surface area contributed by atoms with Crippen LogP contribution in [0.4, 0.5) is 0 Å². The Morgan fingerprint density at radius 2 is 2.21 bits per heavy atom. The number of nitrogens with zero attached hydrogens (tertiary/aromatic N) is 2. The number of rotatable bonds is 2. The molecule has 19 heavy (non-hydrogen) atoms. The zero-order chi connectivity index (χ0) is 13.4. The number of hydrogen-bond acceptors (Lipinski definition) is 3. The molecule has 4 nitrogen and oxygen atoms in total. The van der Waals surface area contributed by atoms with Crippen molar-refractivity contribution >= 4 is 27.9 Å². The topological polar surface area (TPSA) is 45.6 Å². The Kier molecular flexibility index (Phi) is 3.00. The van der Waals surface area contributed by atoms with E-state index in [0.29, 0.717) is 16.5 Å². The molecule has 0 aliphatic carbocycles. The molecule has 0 saturated carbocycles. The highest BCUT2D eigenvalue weighted by atomic mass is 35.5. The number of thiazole rings is 1. The van der Waals surface area contributed by atoms with Crippen molar-refractivity contribution in [2.75, 3.05) is 0 Å². The van der Waals surface area contributed by atoms with Gasteiger partial charge in [-0.15, -0.1) is 0 Å². The van der Waals surface area contributed by atoms with Crippen molar-refractivity contribution in [2.45, 2.75) is 6.54 Å². The molecule has 3 aromatic rings. The number of halogens is 1. The number of fused-ring (bicyclic) bond motifs is 1. The Hall–Kier alpha value is -1.85. The van der Waals surface area contributed by atoms with E-state index < -0.39 is 0 Å². The van der Waals surface area contributed by atoms with Crippen LogP contribution in [0.1, 0.15) is 5.56 Å². The first-order valence-corrected chi connectivity index (χ1v) is 6.87. The minimum Gasteiger partial charge on any atom is -0.478 e. The van der Waals surface area contributed by atoms with Crippen molar-refractivity contribution in [2.24, 2.45) is 0 Å². The average molecular weight is 294 g/mol. The third kappa shape index (κ3) is 2.22. The maximum Gasteiger partial charge on any atom is 0.351 e. The molecule has 0 amide bonds. The van der Waals surface area contributed by atoms with Gasteiger partial charge >= 0.3 is 10.5 Å². The molecule has 1 N–H and O–H groups in total. The van der Waals surface area contributed by atoms with Gasteiger partial charge in [-0.1, -0.05) is 35.1 Å². The third-order valence-electron chi connectivity index (χ3n) is 2.82. The molecular formula is C13H10ClN2O2S+. The number of aromatic hydroxyl groups is 1. The summed E-state index contributed by atoms with van der Waals surface area (Å²) < 4.78 is 3.19. The second-order valence-corrected chi connectivity index (χ2v) is 5.42. The first-order valence-electron chi connectivity index (χ1n) is 5.61. The van der Waals surface area contributed by atoms with Gasteiger partial charge in [0.1, 0.15) is 18.8 Å². The van der Waals surface area contributed by atoms with Crippen molar-refractivity contribution in [1.29, 1.82) is 0 Å². The summed E-state index contributed by atoms with van der Waals surface area (Å²) in [5, 5.41) is 12.4. The Labute approximate surface area is 117 Å². The van der Waals surface area contributed by atoms with Gasteiger partial charge in [0.15, 0.2) is 0 Å². The van der Waals surface area contributed by atoms with Gasteiger partial charge in [-0.25, -0.2) is 4.79 Å². The second-order valence-electron chi connectivity index (χ2n) is 4.11. The fourth-order valence-electron chi connectivity index (χ4n) is 1.96. The van der Waals surface area contributed by atoms with Crippen molar-refractivity contribution < 1.29 is 9.67 Å². The lowest BCUT2D eigenvalue weighted by Gasteiger charge is -2.04. The van der Waals surface area contributed by atoms with Crippen LogP contribution >= 0.6 is 22.9 Å². The highest BCUT2D eigenvalue weighted by Gasteiger charge is 2.17. The van der Waals surface area contributed by atoms with Crippen molar-refractivity contribution in [3.8, 4) is 5.88 Å². The Bertz CT molecular complexity index is 810. The Morgan fingerprint density at radius 3 is 3.00 bits per heavy atom. The standard InChI is InChI=1S/C13H9ClN2O2S/c14-10-3-1-2-9(6-10)8-16-12(18)7-11(17)15-4-5-19-13(15)16/h1-7H,8H2/p+1. The fourth-order valence-corrected chi connectivity index (χ4v) is 3.02. The maximum atomic E-state index is 11.7. The zero-order valence-electron chi connectivity index (χ0n) is 9.78. The van der Waals surface area contributed by atoms with Crippen LogP contribution in [-0.2, 0) is 6.54 Å². The van der Waals surface area contributed by atoms with E-state index >= 15 is 0 Å². The molecular weight excluding hydrogens is 284 g/mol. The van der Waals surface area contributed by atoms with Crippen LogP contribution in [-0.4, -0.2) is 9.51 Å². The Morgan fingerprint density at radius 1 is 1.37 bits per heavy atom. The van der Waals surface area contributed by atoms with Crippen molar-refractivity contribution in [3.63, 3.8) is 0 Å². The quantitative estimate of drug-likeness (QED) is 0.735. The molecule has 0 unspecified atom stereocenters. The summed E-state index contributed by atoms with van der Waals surface area (Å²) in [5.74, 6) is -0.0487. The molecule has 2 aromatic heterocycles. The van der Waals surface area contributed by atoms with Gasteiger partial charge < -0.3 is 5.11 Å². The summed E-state index contributed by atoms with van der Waals surface area (Å²) in [5.41, 5.74) is 0.720. The average Bonchev–Trinajstić information content (AvgIpc) is 2.84. The molecule has 0 spiro atoms. The summed E-state index contributed by atoms with van der Waals surface area (Å²) in [4.78, 5) is 12.4. The summed E-state index contributed by atoms with van der Waals surface area (Å²) in [6.45, 7) is 0.455. The predicted octanol–water partition coefficient (Wildman–Crippen LogP) is 2.06. The molecule has 3 rings (SSSR count). The molecule has 0 aliphatic rings. The first-order chi connectivity index (χ1) is 9.15. The molecule has 2 heterocycles. The molecule has 6 heteroatoms. The van der Waals surface area contributed by atoms with Gasteiger partial charge in [-0.05, 0) is 17.7 Å². The lowest BCUT2D eigenvalue weighted by Crippen LogP contribution is -2.38. The van der Waals surface area contributed by atoms with Gasteiger partial charge in [0.2, 0.25) is 0 Å². The normalized spacial score (nSPS) is 11.0. The number of aromatic nitrogens is 2. The second kappa shape index (κ2) is 4.68. The third-order valence-corrected chi connectivity index (χ3v) is 3.94. The van der Waals surface area contributed by atoms with Gasteiger partial charge in [0.25, 0.3) is 5.88 Å². The minimum atomic E-state index is -0.240. The van der Waals surface area contributed by atoms with Crippen LogP contribution in [0.5, 0.6) is 5.88 Å². The molecule has 0 radical (unpaired) electrons. The molecule has 96 valence electrons. The molecule has 0 bridgehead atoms. The summed E-state index contributed by atoms with van der Waals surface area (Å²) in [6.07, 6.45) is 1.69. The Balaban J connectivity index is 2.15. The lowest BCUT2D eigenvalue weighted by atomic mass is 10.2. The summed E-state index contributed by atoms with van der Waals surface area (Å²) in [7, 11) is 0. The largest absolute Gasteiger partial charge is 0.478 e. The van der Waals surface area contributed by atoms with Crippen LogP contribution in [0.25, 0.3) is 4.96 Å². The van der Waals surface area contributed by atoms with E-state index in [9.17, 15) is 9.90 Å². The van der Waals surface area contributed by atoms with Gasteiger partial charge in [0.05, 0.1) is 0 Å². The summed E-state index contributed by atoms with van der Waals surface area (Å²) >= 11 is 7.35. The first kappa shape index (κ1) is 12.2. The van der Waals surface area contributed by atoms with Crippen LogP contribution in [0, 0.1) is 0 Å². The van der Waals surface area contributed by atoms with E-state index in [4.69, 9.17) is 11.6 Å². The van der Waals surface area contributed by atoms with Crippen LogP contribution < -0.4 is 10.1 Å². The van der Waals surface area contributed by atoms with E-state index in [1.165, 1.54) is 21.8 Å². The molecule has 0 fully saturated rings. The smallest absolute Gasteiger partial charge is 0.351 e. The van der Waals surface area contributed by atoms with Gasteiger partial charge in [-0.2, -0.15) is 8.97 Å². The molecule has 0 atom stereocenters. The van der Waals surface area contributed by atoms with E-state index in [2.05, 4.69) is 0 Å². The molecule has 1 aromatic carbocycles. The maximum absolute atomic E-state index is 11.7. The SMILES string of the molecule is O=c1cc(O)[n+](Cc2cccc(Cl)c2)c2sccn12. The van der Waals surface area contributed by atoms with Gasteiger partial charge in [-0.3, -0.25) is 0 Å². The molecule has 0 saturated heterocycles. The van der Waals surface area contributed by atoms with Crippen molar-refractivity contribution in [1.82, 2.24) is 4.40 Å². The van der Waals surface area contributed by atoms with E-state index in [1.54, 1.807) is 16.8 Å². The summed E-state index contributed by atoms with van der Waals surface area (Å²) in [6, 6.07) is 8.63. The fraction of sp³-hybridized carbons (Fsp3) is 0.0769. The highest BCUT2D eigenvalue weighted by Crippen LogP contribution is 2.13. The lowest BCUT2D eigenvalue weighted by molar-refractivity contribution is -0.670. The van der Waals surface area contributed by atoms with Crippen LogP contribution in [0.15, 0.2) is 46.7 Å². The van der Waals surface area contributed by atoms with Crippen LogP contribution in [0.3, 0.4) is 0 Å². The zero-order valence-corrected chi connectivity index (χ0v) is 11.4. The van der Waals surface area contributed by atoms with E-state index in [1.807, 2.05) is 23.6 Å². The number of hydrogen-bond donors (Lipinski definition) is 1. The number of benzene rings is 1.